The van der Waals surface area contributed by atoms with Gasteiger partial charge in [0.2, 0.25) is 0 Å². The van der Waals surface area contributed by atoms with Crippen molar-refractivity contribution in [1.82, 2.24) is 4.98 Å². The molecular formula is C15H11NO4. The van der Waals surface area contributed by atoms with E-state index in [4.69, 9.17) is 9.15 Å². The Morgan fingerprint density at radius 1 is 1.25 bits per heavy atom. The first-order valence-corrected chi connectivity index (χ1v) is 6.02. The summed E-state index contributed by atoms with van der Waals surface area (Å²) in [5, 5.41) is 0. The number of carbonyl (C=O) groups is 1. The van der Waals surface area contributed by atoms with Gasteiger partial charge in [-0.1, -0.05) is 0 Å². The Morgan fingerprint density at radius 3 is 2.75 bits per heavy atom. The van der Waals surface area contributed by atoms with Crippen LogP contribution in [0.25, 0.3) is 22.6 Å². The molecule has 0 unspecified atom stereocenters. The van der Waals surface area contributed by atoms with Gasteiger partial charge in [0.25, 0.3) is 0 Å². The van der Waals surface area contributed by atoms with Crippen LogP contribution in [-0.4, -0.2) is 17.9 Å². The molecule has 5 nitrogen and oxygen atoms in total. The molecule has 0 saturated carbocycles. The normalized spacial score (nSPS) is 10.9. The molecule has 3 rings (SSSR count). The Morgan fingerprint density at radius 2 is 2.05 bits per heavy atom. The molecule has 2 aliphatic rings. The Hall–Kier alpha value is -2.69. The van der Waals surface area contributed by atoms with Gasteiger partial charge in [-0.05, 0) is 31.2 Å². The summed E-state index contributed by atoms with van der Waals surface area (Å²) in [7, 11) is 1.55. The second-order valence-corrected chi connectivity index (χ2v) is 4.39. The molecule has 100 valence electrons. The molecular weight excluding hydrogens is 258 g/mol. The van der Waals surface area contributed by atoms with E-state index in [0.717, 1.165) is 0 Å². The molecule has 1 aromatic carbocycles. The Labute approximate surface area is 114 Å². The zero-order valence-corrected chi connectivity index (χ0v) is 11.0. The zero-order chi connectivity index (χ0) is 14.3. The largest absolute Gasteiger partial charge is 0.497 e. The minimum atomic E-state index is -0.363. The van der Waals surface area contributed by atoms with Crippen LogP contribution in [0.5, 0.6) is 5.75 Å². The monoisotopic (exact) mass is 269 g/mol. The molecule has 0 fully saturated rings. The van der Waals surface area contributed by atoms with Crippen LogP contribution in [0.2, 0.25) is 0 Å². The second-order valence-electron chi connectivity index (χ2n) is 4.39. The summed E-state index contributed by atoms with van der Waals surface area (Å²) in [6.07, 6.45) is 0. The fourth-order valence-corrected chi connectivity index (χ4v) is 2.11. The molecule has 1 aliphatic carbocycles. The average molecular weight is 269 g/mol. The summed E-state index contributed by atoms with van der Waals surface area (Å²) in [6.45, 7) is 1.33. The van der Waals surface area contributed by atoms with E-state index >= 15 is 0 Å². The van der Waals surface area contributed by atoms with Crippen LogP contribution >= 0.6 is 0 Å². The summed E-state index contributed by atoms with van der Waals surface area (Å²) < 4.78 is 10.8. The number of hydrogen-bond donors (Lipinski definition) is 0. The first-order chi connectivity index (χ1) is 9.60. The third kappa shape index (κ3) is 1.84. The van der Waals surface area contributed by atoms with Crippen molar-refractivity contribution in [1.29, 1.82) is 0 Å². The maximum Gasteiger partial charge on any atom is 0.193 e. The minimum Gasteiger partial charge on any atom is -0.497 e. The number of carbonyl (C=O) groups excluding carboxylic acids is 1. The number of Topliss-reactive ketones (excluding diaryl/α,β-unsaturated/α-hetero) is 1. The highest BCUT2D eigenvalue weighted by atomic mass is 16.5. The van der Waals surface area contributed by atoms with Gasteiger partial charge in [0.1, 0.15) is 22.5 Å². The van der Waals surface area contributed by atoms with Gasteiger partial charge < -0.3 is 9.15 Å². The lowest BCUT2D eigenvalue weighted by atomic mass is 10.1. The molecule has 0 bridgehead atoms. The number of methoxy groups -OCH3 is 1. The van der Waals surface area contributed by atoms with Gasteiger partial charge in [0, 0.05) is 6.07 Å². The SMILES string of the molecule is COc1ccc2nc3ccc(=O)c(C(C)=O)c-3oc2c1. The van der Waals surface area contributed by atoms with Crippen LogP contribution < -0.4 is 10.2 Å². The topological polar surface area (TPSA) is 69.4 Å². The van der Waals surface area contributed by atoms with Crippen LogP contribution in [0.4, 0.5) is 0 Å². The van der Waals surface area contributed by atoms with E-state index in [1.165, 1.54) is 13.0 Å². The highest BCUT2D eigenvalue weighted by Crippen LogP contribution is 2.28. The van der Waals surface area contributed by atoms with E-state index in [1.54, 1.807) is 31.4 Å². The molecule has 0 saturated heterocycles. The predicted molar refractivity (Wildman–Crippen MR) is 73.5 cm³/mol. The molecule has 0 N–H and O–H groups in total. The number of fused-ring (bicyclic) bond motifs is 2. The fourth-order valence-electron chi connectivity index (χ4n) is 2.11. The van der Waals surface area contributed by atoms with Crippen molar-refractivity contribution >= 4 is 16.9 Å². The van der Waals surface area contributed by atoms with Crippen molar-refractivity contribution in [2.45, 2.75) is 6.92 Å². The number of ketones is 1. The summed E-state index contributed by atoms with van der Waals surface area (Å²) >= 11 is 0. The maximum atomic E-state index is 11.8. The summed E-state index contributed by atoms with van der Waals surface area (Å²) in [5.74, 6) is 0.490. The predicted octanol–water partition coefficient (Wildman–Crippen LogP) is 2.50. The summed E-state index contributed by atoms with van der Waals surface area (Å²) in [4.78, 5) is 27.8. The van der Waals surface area contributed by atoms with Gasteiger partial charge in [-0.15, -0.1) is 0 Å². The van der Waals surface area contributed by atoms with Crippen LogP contribution in [0.3, 0.4) is 0 Å². The summed E-state index contributed by atoms with van der Waals surface area (Å²) in [5.41, 5.74) is 1.24. The second kappa shape index (κ2) is 4.45. The lowest BCUT2D eigenvalue weighted by Crippen LogP contribution is -2.14. The van der Waals surface area contributed by atoms with Crippen molar-refractivity contribution in [3.8, 4) is 17.2 Å². The lowest BCUT2D eigenvalue weighted by Gasteiger charge is -2.09. The average Bonchev–Trinajstić information content (AvgIpc) is 2.44. The molecule has 0 spiro atoms. The third-order valence-corrected chi connectivity index (χ3v) is 3.07. The highest BCUT2D eigenvalue weighted by Gasteiger charge is 2.19. The molecule has 20 heavy (non-hydrogen) atoms. The molecule has 0 aromatic heterocycles. The zero-order valence-electron chi connectivity index (χ0n) is 11.0. The standard InChI is InChI=1S/C15H11NO4/c1-8(17)14-12(18)6-5-11-15(14)20-13-7-9(19-2)3-4-10(13)16-11/h3-7H,1-2H3. The van der Waals surface area contributed by atoms with Crippen LogP contribution in [0.15, 0.2) is 39.5 Å². The molecule has 1 heterocycles. The third-order valence-electron chi connectivity index (χ3n) is 3.07. The summed E-state index contributed by atoms with van der Waals surface area (Å²) in [6, 6.07) is 8.08. The van der Waals surface area contributed by atoms with Crippen molar-refractivity contribution in [2.75, 3.05) is 7.11 Å². The van der Waals surface area contributed by atoms with Gasteiger partial charge in [0.15, 0.2) is 22.6 Å². The Bertz CT molecular complexity index is 850. The molecule has 5 heteroatoms. The molecule has 0 amide bonds. The van der Waals surface area contributed by atoms with Gasteiger partial charge in [-0.3, -0.25) is 9.59 Å². The van der Waals surface area contributed by atoms with Crippen molar-refractivity contribution in [3.63, 3.8) is 0 Å². The van der Waals surface area contributed by atoms with Gasteiger partial charge >= 0.3 is 0 Å². The first kappa shape index (κ1) is 12.3. The number of rotatable bonds is 2. The van der Waals surface area contributed by atoms with E-state index in [1.807, 2.05) is 0 Å². The lowest BCUT2D eigenvalue weighted by molar-refractivity contribution is 0.101. The van der Waals surface area contributed by atoms with Crippen molar-refractivity contribution < 1.29 is 13.9 Å². The van der Waals surface area contributed by atoms with E-state index in [2.05, 4.69) is 4.98 Å². The number of hydrogen-bond acceptors (Lipinski definition) is 5. The van der Waals surface area contributed by atoms with Crippen LogP contribution in [0.1, 0.15) is 17.3 Å². The van der Waals surface area contributed by atoms with Crippen LogP contribution in [0, 0.1) is 0 Å². The Balaban J connectivity index is 2.43. The van der Waals surface area contributed by atoms with Crippen molar-refractivity contribution in [2.24, 2.45) is 0 Å². The molecule has 0 atom stereocenters. The molecule has 0 radical (unpaired) electrons. The smallest absolute Gasteiger partial charge is 0.193 e. The van der Waals surface area contributed by atoms with E-state index in [0.29, 0.717) is 22.5 Å². The number of benzene rings is 2. The van der Waals surface area contributed by atoms with E-state index in [-0.39, 0.29) is 22.5 Å². The number of nitrogens with zero attached hydrogens (tertiary/aromatic N) is 1. The molecule has 1 aromatic rings. The first-order valence-electron chi connectivity index (χ1n) is 6.02. The maximum absolute atomic E-state index is 11.8. The highest BCUT2D eigenvalue weighted by molar-refractivity contribution is 5.99. The van der Waals surface area contributed by atoms with Crippen LogP contribution in [-0.2, 0) is 0 Å². The van der Waals surface area contributed by atoms with Gasteiger partial charge in [-0.2, -0.15) is 0 Å². The quantitative estimate of drug-likeness (QED) is 0.528. The minimum absolute atomic E-state index is 0.0275. The number of aromatic nitrogens is 1. The fraction of sp³-hybridized carbons (Fsp3) is 0.133. The van der Waals surface area contributed by atoms with E-state index in [9.17, 15) is 9.59 Å². The van der Waals surface area contributed by atoms with Gasteiger partial charge in [-0.25, -0.2) is 4.98 Å². The van der Waals surface area contributed by atoms with Gasteiger partial charge in [0.05, 0.1) is 7.11 Å². The Kier molecular flexibility index (Phi) is 2.75. The van der Waals surface area contributed by atoms with Crippen molar-refractivity contribution in [3.05, 3.63) is 46.1 Å². The number of ether oxygens (including phenoxy) is 1. The molecule has 1 aliphatic heterocycles. The van der Waals surface area contributed by atoms with E-state index < -0.39 is 0 Å².